The Kier molecular flexibility index (Phi) is 4.01. The van der Waals surface area contributed by atoms with E-state index >= 15 is 0 Å². The molecule has 0 aliphatic carbocycles. The number of hydrogen-bond donors (Lipinski definition) is 1. The molecule has 0 spiro atoms. The number of carbonyl (C=O) groups excluding carboxylic acids is 2. The van der Waals surface area contributed by atoms with Gasteiger partial charge in [0.2, 0.25) is 0 Å². The summed E-state index contributed by atoms with van der Waals surface area (Å²) in [6, 6.07) is 11.6. The quantitative estimate of drug-likeness (QED) is 0.735. The highest BCUT2D eigenvalue weighted by Gasteiger charge is 2.13. The minimum atomic E-state index is 0.0470. The van der Waals surface area contributed by atoms with Crippen LogP contribution in [-0.2, 0) is 6.54 Å². The molecule has 4 heteroatoms. The van der Waals surface area contributed by atoms with Crippen molar-refractivity contribution in [2.45, 2.75) is 20.4 Å². The predicted octanol–water partition coefficient (Wildman–Crippen LogP) is 3.42. The summed E-state index contributed by atoms with van der Waals surface area (Å²) in [6.07, 6.45) is 0. The number of ketones is 2. The fourth-order valence-corrected chi connectivity index (χ4v) is 3.01. The lowest BCUT2D eigenvalue weighted by Crippen LogP contribution is -2.14. The molecule has 1 heterocycles. The van der Waals surface area contributed by atoms with Gasteiger partial charge in [0.1, 0.15) is 0 Å². The summed E-state index contributed by atoms with van der Waals surface area (Å²) >= 11 is 0. The zero-order valence-corrected chi connectivity index (χ0v) is 13.6. The lowest BCUT2D eigenvalue weighted by molar-refractivity contribution is 0.100. The molecule has 118 valence electrons. The fourth-order valence-electron chi connectivity index (χ4n) is 3.01. The second-order valence-corrected chi connectivity index (χ2v) is 5.83. The van der Waals surface area contributed by atoms with Gasteiger partial charge < -0.3 is 9.88 Å². The molecule has 0 saturated carbocycles. The number of benzene rings is 2. The molecule has 0 bridgehead atoms. The molecule has 0 atom stereocenters. The number of fused-ring (bicyclic) bond motifs is 3. The molecule has 1 aromatic heterocycles. The van der Waals surface area contributed by atoms with Gasteiger partial charge in [-0.2, -0.15) is 0 Å². The molecule has 3 rings (SSSR count). The number of rotatable bonds is 5. The third-order valence-electron chi connectivity index (χ3n) is 4.26. The van der Waals surface area contributed by atoms with Crippen LogP contribution < -0.4 is 5.32 Å². The first-order valence-electron chi connectivity index (χ1n) is 7.75. The number of hydrogen-bond acceptors (Lipinski definition) is 3. The molecule has 2 aromatic carbocycles. The Balaban J connectivity index is 2.35. The van der Waals surface area contributed by atoms with E-state index in [4.69, 9.17) is 0 Å². The highest BCUT2D eigenvalue weighted by Crippen LogP contribution is 2.31. The molecule has 0 saturated heterocycles. The first-order valence-corrected chi connectivity index (χ1v) is 7.75. The van der Waals surface area contributed by atoms with Crippen molar-refractivity contribution >= 4 is 33.4 Å². The molecule has 0 aliphatic heterocycles. The van der Waals surface area contributed by atoms with Crippen molar-refractivity contribution < 1.29 is 9.59 Å². The average Bonchev–Trinajstić information content (AvgIpc) is 2.85. The SMILES string of the molecule is CNCCn1c2ccc(C(C)=O)cc2c2cc(C(C)=O)ccc21. The van der Waals surface area contributed by atoms with Crippen LogP contribution in [0.1, 0.15) is 34.6 Å². The number of nitrogens with zero attached hydrogens (tertiary/aromatic N) is 1. The summed E-state index contributed by atoms with van der Waals surface area (Å²) in [4.78, 5) is 23.4. The summed E-state index contributed by atoms with van der Waals surface area (Å²) in [5, 5.41) is 5.21. The molecule has 1 N–H and O–H groups in total. The van der Waals surface area contributed by atoms with Crippen LogP contribution in [0.5, 0.6) is 0 Å². The predicted molar refractivity (Wildman–Crippen MR) is 93.4 cm³/mol. The van der Waals surface area contributed by atoms with Crippen LogP contribution in [0.2, 0.25) is 0 Å². The van der Waals surface area contributed by atoms with Crippen molar-refractivity contribution in [3.63, 3.8) is 0 Å². The van der Waals surface area contributed by atoms with Gasteiger partial charge in [0.15, 0.2) is 11.6 Å². The van der Waals surface area contributed by atoms with Gasteiger partial charge in [0.05, 0.1) is 0 Å². The van der Waals surface area contributed by atoms with E-state index in [0.717, 1.165) is 34.9 Å². The van der Waals surface area contributed by atoms with Gasteiger partial charge in [-0.25, -0.2) is 0 Å². The molecule has 0 aliphatic rings. The van der Waals surface area contributed by atoms with E-state index in [-0.39, 0.29) is 11.6 Å². The van der Waals surface area contributed by atoms with Gasteiger partial charge in [-0.05, 0) is 57.3 Å². The number of Topliss-reactive ketones (excluding diaryl/α,β-unsaturated/α-hetero) is 2. The summed E-state index contributed by atoms with van der Waals surface area (Å²) in [5.41, 5.74) is 3.55. The molecule has 0 unspecified atom stereocenters. The van der Waals surface area contributed by atoms with Gasteiger partial charge in [0, 0.05) is 46.0 Å². The summed E-state index contributed by atoms with van der Waals surface area (Å²) in [6.45, 7) is 4.82. The van der Waals surface area contributed by atoms with E-state index < -0.39 is 0 Å². The Hall–Kier alpha value is -2.46. The molecule has 0 radical (unpaired) electrons. The third-order valence-corrected chi connectivity index (χ3v) is 4.26. The first-order chi connectivity index (χ1) is 11.0. The van der Waals surface area contributed by atoms with Crippen LogP contribution in [0, 0.1) is 0 Å². The highest BCUT2D eigenvalue weighted by atomic mass is 16.1. The van der Waals surface area contributed by atoms with Gasteiger partial charge in [-0.3, -0.25) is 9.59 Å². The Bertz CT molecular complexity index is 851. The van der Waals surface area contributed by atoms with E-state index in [9.17, 15) is 9.59 Å². The lowest BCUT2D eigenvalue weighted by Gasteiger charge is -2.07. The first kappa shape index (κ1) is 15.4. The van der Waals surface area contributed by atoms with E-state index in [1.54, 1.807) is 13.8 Å². The third kappa shape index (κ3) is 2.66. The normalized spacial score (nSPS) is 11.3. The molecule has 23 heavy (non-hydrogen) atoms. The summed E-state index contributed by atoms with van der Waals surface area (Å²) < 4.78 is 2.23. The molecular weight excluding hydrogens is 288 g/mol. The van der Waals surface area contributed by atoms with Gasteiger partial charge in [-0.1, -0.05) is 0 Å². The maximum Gasteiger partial charge on any atom is 0.159 e. The van der Waals surface area contributed by atoms with E-state index in [0.29, 0.717) is 11.1 Å². The lowest BCUT2D eigenvalue weighted by atomic mass is 10.0. The molecule has 4 nitrogen and oxygen atoms in total. The van der Waals surface area contributed by atoms with E-state index in [1.165, 1.54) is 0 Å². The largest absolute Gasteiger partial charge is 0.339 e. The summed E-state index contributed by atoms with van der Waals surface area (Å²) in [7, 11) is 1.93. The Morgan fingerprint density at radius 1 is 0.913 bits per heavy atom. The second-order valence-electron chi connectivity index (χ2n) is 5.83. The highest BCUT2D eigenvalue weighted by molar-refractivity contribution is 6.12. The molecule has 0 amide bonds. The smallest absolute Gasteiger partial charge is 0.159 e. The standard InChI is InChI=1S/C19H20N2O2/c1-12(22)14-4-6-18-16(10-14)17-11-15(13(2)23)5-7-19(17)21(18)9-8-20-3/h4-7,10-11,20H,8-9H2,1-3H3. The Labute approximate surface area is 135 Å². The van der Waals surface area contributed by atoms with Crippen molar-refractivity contribution in [3.05, 3.63) is 47.5 Å². The van der Waals surface area contributed by atoms with E-state index in [1.807, 2.05) is 43.4 Å². The zero-order chi connectivity index (χ0) is 16.6. The number of aromatic nitrogens is 1. The topological polar surface area (TPSA) is 51.1 Å². The molecular formula is C19H20N2O2. The Morgan fingerprint density at radius 3 is 1.78 bits per heavy atom. The maximum absolute atomic E-state index is 11.7. The number of nitrogens with one attached hydrogen (secondary N) is 1. The minimum Gasteiger partial charge on any atom is -0.339 e. The van der Waals surface area contributed by atoms with Crippen LogP contribution in [0.25, 0.3) is 21.8 Å². The zero-order valence-electron chi connectivity index (χ0n) is 13.6. The minimum absolute atomic E-state index is 0.0470. The molecule has 3 aromatic rings. The van der Waals surface area contributed by atoms with Crippen LogP contribution in [0.3, 0.4) is 0 Å². The second kappa shape index (κ2) is 5.97. The van der Waals surface area contributed by atoms with Gasteiger partial charge in [-0.15, -0.1) is 0 Å². The van der Waals surface area contributed by atoms with Crippen molar-refractivity contribution in [1.82, 2.24) is 9.88 Å². The van der Waals surface area contributed by atoms with Crippen LogP contribution in [-0.4, -0.2) is 29.7 Å². The van der Waals surface area contributed by atoms with Crippen molar-refractivity contribution in [3.8, 4) is 0 Å². The number of likely N-dealkylation sites (N-methyl/N-ethyl adjacent to an activating group) is 1. The number of carbonyl (C=O) groups is 2. The van der Waals surface area contributed by atoms with Crippen molar-refractivity contribution in [2.75, 3.05) is 13.6 Å². The van der Waals surface area contributed by atoms with Crippen molar-refractivity contribution in [1.29, 1.82) is 0 Å². The van der Waals surface area contributed by atoms with Crippen LogP contribution in [0.4, 0.5) is 0 Å². The van der Waals surface area contributed by atoms with Crippen LogP contribution in [0.15, 0.2) is 36.4 Å². The molecule has 0 fully saturated rings. The Morgan fingerprint density at radius 2 is 1.39 bits per heavy atom. The monoisotopic (exact) mass is 308 g/mol. The fraction of sp³-hybridized carbons (Fsp3) is 0.263. The van der Waals surface area contributed by atoms with E-state index in [2.05, 4.69) is 9.88 Å². The van der Waals surface area contributed by atoms with Crippen LogP contribution >= 0.6 is 0 Å². The van der Waals surface area contributed by atoms with Gasteiger partial charge in [0.25, 0.3) is 0 Å². The maximum atomic E-state index is 11.7. The van der Waals surface area contributed by atoms with Crippen molar-refractivity contribution in [2.24, 2.45) is 0 Å². The van der Waals surface area contributed by atoms with Gasteiger partial charge >= 0.3 is 0 Å². The average molecular weight is 308 g/mol. The summed E-state index contributed by atoms with van der Waals surface area (Å²) in [5.74, 6) is 0.0940.